The monoisotopic (exact) mass is 367 g/mol. The summed E-state index contributed by atoms with van der Waals surface area (Å²) in [6.07, 6.45) is 5.97. The molecule has 1 aliphatic carbocycles. The van der Waals surface area contributed by atoms with E-state index < -0.39 is 5.79 Å². The summed E-state index contributed by atoms with van der Waals surface area (Å²) in [7, 11) is 3.31. The van der Waals surface area contributed by atoms with Gasteiger partial charge in [-0.1, -0.05) is 12.1 Å². The van der Waals surface area contributed by atoms with Gasteiger partial charge in [0.1, 0.15) is 5.82 Å². The maximum atomic E-state index is 14.9. The highest BCUT2D eigenvalue weighted by atomic mass is 19.1. The molecular weight excluding hydrogens is 345 g/mol. The molecule has 5 nitrogen and oxygen atoms in total. The largest absolute Gasteiger partial charge is 0.353 e. The number of aryl methyl sites for hydroxylation is 1. The molecule has 0 atom stereocenters. The van der Waals surface area contributed by atoms with E-state index >= 15 is 0 Å². The molecule has 27 heavy (non-hydrogen) atoms. The number of aromatic nitrogens is 3. The number of benzene rings is 1. The zero-order valence-corrected chi connectivity index (χ0v) is 15.7. The second-order valence-corrected chi connectivity index (χ2v) is 6.83. The number of hydrogen-bond donors (Lipinski definition) is 0. The van der Waals surface area contributed by atoms with Crippen molar-refractivity contribution in [1.82, 2.24) is 14.6 Å². The van der Waals surface area contributed by atoms with Crippen LogP contribution in [0.15, 0.2) is 42.6 Å². The lowest BCUT2D eigenvalue weighted by Crippen LogP contribution is -2.34. The highest BCUT2D eigenvalue weighted by Crippen LogP contribution is 2.36. The van der Waals surface area contributed by atoms with Crippen LogP contribution < -0.4 is 0 Å². The predicted molar refractivity (Wildman–Crippen MR) is 102 cm³/mol. The van der Waals surface area contributed by atoms with Crippen LogP contribution in [0, 0.1) is 12.7 Å². The second-order valence-electron chi connectivity index (χ2n) is 6.83. The number of nitrogens with zero attached hydrogens (tertiary/aromatic N) is 3. The molecular formula is C21H22FN3O2. The minimum absolute atomic E-state index is 0.287. The number of allylic oxidation sites excluding steroid dienone is 1. The Kier molecular flexibility index (Phi) is 4.53. The van der Waals surface area contributed by atoms with E-state index in [1.165, 1.54) is 0 Å². The van der Waals surface area contributed by atoms with Gasteiger partial charge in [0.05, 0.1) is 5.69 Å². The van der Waals surface area contributed by atoms with Gasteiger partial charge in [-0.2, -0.15) is 5.10 Å². The first kappa shape index (κ1) is 17.8. The lowest BCUT2D eigenvalue weighted by Gasteiger charge is -2.33. The van der Waals surface area contributed by atoms with Crippen molar-refractivity contribution in [2.45, 2.75) is 32.0 Å². The van der Waals surface area contributed by atoms with E-state index in [-0.39, 0.29) is 5.82 Å². The third-order valence-electron chi connectivity index (χ3n) is 5.34. The van der Waals surface area contributed by atoms with Crippen LogP contribution in [0.4, 0.5) is 4.39 Å². The molecule has 4 rings (SSSR count). The summed E-state index contributed by atoms with van der Waals surface area (Å²) in [6, 6.07) is 8.99. The number of methoxy groups -OCH3 is 2. The normalized spacial score (nSPS) is 16.5. The van der Waals surface area contributed by atoms with Crippen molar-refractivity contribution in [2.24, 2.45) is 0 Å². The topological polar surface area (TPSA) is 48.7 Å². The molecule has 2 aromatic heterocycles. The van der Waals surface area contributed by atoms with Crippen molar-refractivity contribution in [2.75, 3.05) is 14.2 Å². The van der Waals surface area contributed by atoms with Crippen LogP contribution in [0.3, 0.4) is 0 Å². The molecule has 0 saturated heterocycles. The summed E-state index contributed by atoms with van der Waals surface area (Å²) < 4.78 is 27.6. The Morgan fingerprint density at radius 3 is 2.59 bits per heavy atom. The van der Waals surface area contributed by atoms with Gasteiger partial charge in [-0.3, -0.25) is 0 Å². The van der Waals surface area contributed by atoms with Crippen LogP contribution in [-0.2, 0) is 9.47 Å². The number of fused-ring (bicyclic) bond motifs is 1. The van der Waals surface area contributed by atoms with Crippen LogP contribution in [0.5, 0.6) is 0 Å². The molecule has 0 unspecified atom stereocenters. The highest BCUT2D eigenvalue weighted by molar-refractivity contribution is 5.71. The van der Waals surface area contributed by atoms with Crippen LogP contribution in [0.1, 0.15) is 30.5 Å². The van der Waals surface area contributed by atoms with Crippen molar-refractivity contribution in [3.8, 4) is 11.3 Å². The predicted octanol–water partition coefficient (Wildman–Crippen LogP) is 4.40. The van der Waals surface area contributed by atoms with Crippen LogP contribution >= 0.6 is 0 Å². The SMILES string of the molecule is COC1(OC)CC=C(c2ccc(-c3cc4nccc(C)n4n3)c(F)c2)CC1. The number of hydrogen-bond acceptors (Lipinski definition) is 4. The Labute approximate surface area is 157 Å². The quantitative estimate of drug-likeness (QED) is 0.641. The Morgan fingerprint density at radius 2 is 1.96 bits per heavy atom. The summed E-state index contributed by atoms with van der Waals surface area (Å²) in [5, 5.41) is 4.49. The molecule has 0 N–H and O–H groups in total. The summed E-state index contributed by atoms with van der Waals surface area (Å²) in [5.74, 6) is -0.853. The molecule has 0 fully saturated rings. The van der Waals surface area contributed by atoms with Crippen LogP contribution in [-0.4, -0.2) is 34.6 Å². The lowest BCUT2D eigenvalue weighted by molar-refractivity contribution is -0.208. The van der Waals surface area contributed by atoms with Gasteiger partial charge in [0.2, 0.25) is 0 Å². The Morgan fingerprint density at radius 1 is 1.15 bits per heavy atom. The molecule has 1 aromatic carbocycles. The fourth-order valence-corrected chi connectivity index (χ4v) is 3.59. The molecule has 3 aromatic rings. The van der Waals surface area contributed by atoms with Gasteiger partial charge in [0.25, 0.3) is 0 Å². The molecule has 0 aliphatic heterocycles. The smallest absolute Gasteiger partial charge is 0.171 e. The number of rotatable bonds is 4. The summed E-state index contributed by atoms with van der Waals surface area (Å²) in [6.45, 7) is 1.94. The average Bonchev–Trinajstić information content (AvgIpc) is 3.13. The van der Waals surface area contributed by atoms with Crippen molar-refractivity contribution in [3.05, 3.63) is 59.7 Å². The average molecular weight is 367 g/mol. The van der Waals surface area contributed by atoms with E-state index in [1.54, 1.807) is 43.1 Å². The molecule has 0 saturated carbocycles. The van der Waals surface area contributed by atoms with Crippen molar-refractivity contribution < 1.29 is 13.9 Å². The second kappa shape index (κ2) is 6.87. The van der Waals surface area contributed by atoms with E-state index in [2.05, 4.69) is 16.2 Å². The van der Waals surface area contributed by atoms with Crippen LogP contribution in [0.2, 0.25) is 0 Å². The molecule has 6 heteroatoms. The molecule has 1 aliphatic rings. The van der Waals surface area contributed by atoms with E-state index in [0.29, 0.717) is 23.3 Å². The molecule has 0 amide bonds. The first-order chi connectivity index (χ1) is 13.0. The Bertz CT molecular complexity index is 1020. The van der Waals surface area contributed by atoms with E-state index in [9.17, 15) is 4.39 Å². The summed E-state index contributed by atoms with van der Waals surface area (Å²) >= 11 is 0. The Balaban J connectivity index is 1.65. The highest BCUT2D eigenvalue weighted by Gasteiger charge is 2.31. The maximum Gasteiger partial charge on any atom is 0.171 e. The third-order valence-corrected chi connectivity index (χ3v) is 5.34. The van der Waals surface area contributed by atoms with Crippen molar-refractivity contribution in [3.63, 3.8) is 0 Å². The van der Waals surface area contributed by atoms with Crippen molar-refractivity contribution >= 4 is 11.2 Å². The minimum atomic E-state index is -0.566. The zero-order chi connectivity index (χ0) is 19.0. The van der Waals surface area contributed by atoms with E-state index in [0.717, 1.165) is 29.7 Å². The molecule has 0 radical (unpaired) electrons. The van der Waals surface area contributed by atoms with Gasteiger partial charge in [0.15, 0.2) is 11.4 Å². The van der Waals surface area contributed by atoms with Gasteiger partial charge < -0.3 is 9.47 Å². The first-order valence-electron chi connectivity index (χ1n) is 8.96. The fraction of sp³-hybridized carbons (Fsp3) is 0.333. The van der Waals surface area contributed by atoms with Gasteiger partial charge in [-0.25, -0.2) is 13.9 Å². The van der Waals surface area contributed by atoms with Gasteiger partial charge in [0, 0.05) is 50.6 Å². The maximum absolute atomic E-state index is 14.9. The van der Waals surface area contributed by atoms with E-state index in [4.69, 9.17) is 9.47 Å². The molecule has 0 bridgehead atoms. The number of ether oxygens (including phenoxy) is 2. The minimum Gasteiger partial charge on any atom is -0.353 e. The number of halogens is 1. The fourth-order valence-electron chi connectivity index (χ4n) is 3.59. The summed E-state index contributed by atoms with van der Waals surface area (Å²) in [4.78, 5) is 4.28. The third kappa shape index (κ3) is 3.15. The van der Waals surface area contributed by atoms with Gasteiger partial charge >= 0.3 is 0 Å². The molecule has 140 valence electrons. The first-order valence-corrected chi connectivity index (χ1v) is 8.96. The van der Waals surface area contributed by atoms with Gasteiger partial charge in [-0.05, 0) is 42.7 Å². The Hall–Kier alpha value is -2.57. The summed E-state index contributed by atoms with van der Waals surface area (Å²) in [5.41, 5.74) is 4.71. The lowest BCUT2D eigenvalue weighted by atomic mass is 9.89. The van der Waals surface area contributed by atoms with E-state index in [1.807, 2.05) is 19.1 Å². The van der Waals surface area contributed by atoms with Gasteiger partial charge in [-0.15, -0.1) is 0 Å². The van der Waals surface area contributed by atoms with Crippen LogP contribution in [0.25, 0.3) is 22.5 Å². The standard InChI is InChI=1S/C21H22FN3O2/c1-14-8-11-23-20-13-19(24-25(14)20)17-5-4-16(12-18(17)22)15-6-9-21(26-2,27-3)10-7-15/h4-6,8,11-13H,7,9-10H2,1-3H3. The molecule has 2 heterocycles. The molecule has 0 spiro atoms. The van der Waals surface area contributed by atoms with Crippen molar-refractivity contribution in [1.29, 1.82) is 0 Å². The zero-order valence-electron chi connectivity index (χ0n) is 15.7.